The number of esters is 1. The van der Waals surface area contributed by atoms with Crippen LogP contribution in [-0.4, -0.2) is 42.7 Å². The van der Waals surface area contributed by atoms with E-state index in [0.717, 1.165) is 30.5 Å². The normalized spacial score (nSPS) is 11.0. The molecule has 0 saturated carbocycles. The highest BCUT2D eigenvalue weighted by Gasteiger charge is 2.23. The number of ether oxygens (including phenoxy) is 1. The molecular formula is C23H15ClN4O8S3. The van der Waals surface area contributed by atoms with Crippen LogP contribution in [-0.2, 0) is 19.4 Å². The summed E-state index contributed by atoms with van der Waals surface area (Å²) in [4.78, 5) is 51.2. The van der Waals surface area contributed by atoms with Crippen LogP contribution >= 0.6 is 34.3 Å². The minimum Gasteiger partial charge on any atom is -0.452 e. The molecule has 12 nitrogen and oxygen atoms in total. The third-order valence-corrected chi connectivity index (χ3v) is 9.22. The number of carbonyl (C=O) groups is 3. The van der Waals surface area contributed by atoms with E-state index in [1.54, 1.807) is 17.5 Å². The number of carbonyl (C=O) groups excluding carboxylic acids is 3. The molecule has 2 aromatic carbocycles. The number of anilines is 2. The van der Waals surface area contributed by atoms with Crippen molar-refractivity contribution in [3.05, 3.63) is 91.8 Å². The fraction of sp³-hybridized carbons (Fsp3) is 0.0435. The fourth-order valence-corrected chi connectivity index (χ4v) is 6.25. The van der Waals surface area contributed by atoms with E-state index in [1.807, 2.05) is 0 Å². The maximum atomic E-state index is 12.8. The third kappa shape index (κ3) is 6.64. The van der Waals surface area contributed by atoms with Crippen molar-refractivity contribution in [1.29, 1.82) is 0 Å². The molecule has 2 N–H and O–H groups in total. The van der Waals surface area contributed by atoms with E-state index in [9.17, 15) is 32.9 Å². The summed E-state index contributed by atoms with van der Waals surface area (Å²) in [5.41, 5.74) is -0.0587. The van der Waals surface area contributed by atoms with Gasteiger partial charge >= 0.3 is 5.97 Å². The summed E-state index contributed by atoms with van der Waals surface area (Å²) in [6.07, 6.45) is 1.03. The largest absolute Gasteiger partial charge is 0.452 e. The Morgan fingerprint density at radius 3 is 2.49 bits per heavy atom. The van der Waals surface area contributed by atoms with Crippen molar-refractivity contribution in [2.24, 2.45) is 0 Å². The van der Waals surface area contributed by atoms with E-state index in [2.05, 4.69) is 15.6 Å². The molecule has 2 heterocycles. The molecule has 0 aliphatic carbocycles. The van der Waals surface area contributed by atoms with Crippen molar-refractivity contribution in [2.45, 2.75) is 9.10 Å². The number of hydrogen-bond donors (Lipinski definition) is 2. The molecule has 0 aliphatic rings. The third-order valence-electron chi connectivity index (χ3n) is 4.88. The number of nitrogens with zero attached hydrogens (tertiary/aromatic N) is 2. The summed E-state index contributed by atoms with van der Waals surface area (Å²) < 4.78 is 30.3. The second-order valence-corrected chi connectivity index (χ2v) is 12.1. The number of thiazole rings is 1. The van der Waals surface area contributed by atoms with E-state index < -0.39 is 39.2 Å². The van der Waals surface area contributed by atoms with Gasteiger partial charge in [0.15, 0.2) is 11.7 Å². The molecule has 0 saturated heterocycles. The minimum absolute atomic E-state index is 0.0272. The number of amides is 2. The van der Waals surface area contributed by atoms with Crippen LogP contribution in [0.3, 0.4) is 0 Å². The van der Waals surface area contributed by atoms with Gasteiger partial charge in [0, 0.05) is 12.1 Å². The van der Waals surface area contributed by atoms with Crippen molar-refractivity contribution >= 4 is 78.4 Å². The molecule has 0 unspecified atom stereocenters. The number of aromatic nitrogens is 1. The average molecular weight is 607 g/mol. The zero-order chi connectivity index (χ0) is 28.2. The molecule has 2 aromatic heterocycles. The van der Waals surface area contributed by atoms with E-state index in [-0.39, 0.29) is 36.2 Å². The van der Waals surface area contributed by atoms with Gasteiger partial charge in [-0.15, -0.1) is 11.3 Å². The Morgan fingerprint density at radius 1 is 1.08 bits per heavy atom. The summed E-state index contributed by atoms with van der Waals surface area (Å²) in [6, 6.07) is 11.7. The first-order valence-electron chi connectivity index (χ1n) is 10.6. The monoisotopic (exact) mass is 606 g/mol. The van der Waals surface area contributed by atoms with Crippen molar-refractivity contribution in [2.75, 3.05) is 17.2 Å². The predicted molar refractivity (Wildman–Crippen MR) is 143 cm³/mol. The molecule has 0 radical (unpaired) electrons. The zero-order valence-corrected chi connectivity index (χ0v) is 22.5. The lowest BCUT2D eigenvalue weighted by Crippen LogP contribution is -2.21. The SMILES string of the molecule is O=C(COC(=O)c1ccc(Cl)c(NC(=O)c2cccs2)c1)Nc1ncc(S(=O)(=O)c2ccc([N+](=O)[O-])cc2)s1. The van der Waals surface area contributed by atoms with Gasteiger partial charge in [0.2, 0.25) is 9.84 Å². The van der Waals surface area contributed by atoms with Crippen molar-refractivity contribution in [3.63, 3.8) is 0 Å². The lowest BCUT2D eigenvalue weighted by molar-refractivity contribution is -0.384. The molecule has 0 spiro atoms. The van der Waals surface area contributed by atoms with Gasteiger partial charge < -0.3 is 10.1 Å². The van der Waals surface area contributed by atoms with Gasteiger partial charge in [-0.1, -0.05) is 29.0 Å². The molecule has 0 fully saturated rings. The quantitative estimate of drug-likeness (QED) is 0.156. The van der Waals surface area contributed by atoms with Crippen molar-refractivity contribution < 1.29 is 32.5 Å². The number of hydrogen-bond acceptors (Lipinski definition) is 11. The van der Waals surface area contributed by atoms with Crippen LogP contribution in [0.1, 0.15) is 20.0 Å². The molecule has 4 rings (SSSR count). The number of benzene rings is 2. The smallest absolute Gasteiger partial charge is 0.338 e. The Morgan fingerprint density at radius 2 is 1.82 bits per heavy atom. The van der Waals surface area contributed by atoms with E-state index in [0.29, 0.717) is 16.2 Å². The van der Waals surface area contributed by atoms with E-state index >= 15 is 0 Å². The maximum absolute atomic E-state index is 12.8. The van der Waals surface area contributed by atoms with Crippen molar-refractivity contribution in [1.82, 2.24) is 4.98 Å². The van der Waals surface area contributed by atoms with Crippen LogP contribution < -0.4 is 10.6 Å². The number of thiophene rings is 1. The van der Waals surface area contributed by atoms with Crippen LogP contribution in [0.25, 0.3) is 0 Å². The molecule has 0 atom stereocenters. The summed E-state index contributed by atoms with van der Waals surface area (Å²) in [5, 5.41) is 17.6. The predicted octanol–water partition coefficient (Wildman–Crippen LogP) is 4.65. The Kier molecular flexibility index (Phi) is 8.35. The summed E-state index contributed by atoms with van der Waals surface area (Å²) in [7, 11) is -4.03. The number of non-ortho nitro benzene ring substituents is 1. The number of nitro benzene ring substituents is 1. The summed E-state index contributed by atoms with van der Waals surface area (Å²) in [6.45, 7) is -0.706. The Hall–Kier alpha value is -4.18. The fourth-order valence-electron chi connectivity index (χ4n) is 3.01. The van der Waals surface area contributed by atoms with Crippen LogP contribution in [0.15, 0.2) is 75.3 Å². The van der Waals surface area contributed by atoms with Gasteiger partial charge in [-0.2, -0.15) is 0 Å². The Labute approximate surface area is 233 Å². The summed E-state index contributed by atoms with van der Waals surface area (Å²) >= 11 is 8.00. The van der Waals surface area contributed by atoms with Gasteiger partial charge in [0.05, 0.1) is 37.2 Å². The molecule has 0 aliphatic heterocycles. The first-order chi connectivity index (χ1) is 18.5. The first-order valence-corrected chi connectivity index (χ1v) is 14.2. The van der Waals surface area contributed by atoms with Gasteiger partial charge in [-0.25, -0.2) is 18.2 Å². The molecular weight excluding hydrogens is 592 g/mol. The number of sulfone groups is 1. The maximum Gasteiger partial charge on any atom is 0.338 e. The highest BCUT2D eigenvalue weighted by molar-refractivity contribution is 7.93. The summed E-state index contributed by atoms with van der Waals surface area (Å²) in [5.74, 6) is -2.05. The van der Waals surface area contributed by atoms with Crippen molar-refractivity contribution in [3.8, 4) is 0 Å². The lowest BCUT2D eigenvalue weighted by Gasteiger charge is -2.09. The number of rotatable bonds is 9. The zero-order valence-electron chi connectivity index (χ0n) is 19.3. The molecule has 200 valence electrons. The van der Waals surface area contributed by atoms with Crippen LogP contribution in [0.5, 0.6) is 0 Å². The highest BCUT2D eigenvalue weighted by Crippen LogP contribution is 2.29. The second-order valence-electron chi connectivity index (χ2n) is 7.49. The topological polar surface area (TPSA) is 175 Å². The molecule has 2 amide bonds. The molecule has 16 heteroatoms. The molecule has 4 aromatic rings. The van der Waals surface area contributed by atoms with E-state index in [1.165, 1.54) is 29.5 Å². The van der Waals surface area contributed by atoms with Crippen LogP contribution in [0, 0.1) is 10.1 Å². The molecule has 0 bridgehead atoms. The number of nitrogens with one attached hydrogen (secondary N) is 2. The van der Waals surface area contributed by atoms with Crippen LogP contribution in [0.4, 0.5) is 16.5 Å². The second kappa shape index (κ2) is 11.7. The Balaban J connectivity index is 1.35. The Bertz CT molecular complexity index is 1670. The first kappa shape index (κ1) is 27.8. The standard InChI is InChI=1S/C23H15ClN4O8S3/c24-16-8-3-13(10-17(16)26-21(30)18-2-1-9-37-18)22(31)36-12-19(29)27-23-25-11-20(38-23)39(34,35)15-6-4-14(5-7-15)28(32)33/h1-11H,12H2,(H,26,30)(H,25,27,29). The van der Waals surface area contributed by atoms with Crippen LogP contribution in [0.2, 0.25) is 5.02 Å². The van der Waals surface area contributed by atoms with Gasteiger partial charge in [0.1, 0.15) is 4.21 Å². The number of nitro groups is 1. The number of halogens is 1. The van der Waals surface area contributed by atoms with Gasteiger partial charge in [-0.3, -0.25) is 25.0 Å². The molecule has 39 heavy (non-hydrogen) atoms. The highest BCUT2D eigenvalue weighted by atomic mass is 35.5. The average Bonchev–Trinajstić information content (AvgIpc) is 3.62. The van der Waals surface area contributed by atoms with E-state index in [4.69, 9.17) is 16.3 Å². The van der Waals surface area contributed by atoms with Gasteiger partial charge in [0.25, 0.3) is 17.5 Å². The minimum atomic E-state index is -4.03. The van der Waals surface area contributed by atoms with Gasteiger partial charge in [-0.05, 0) is 41.8 Å². The lowest BCUT2D eigenvalue weighted by atomic mass is 10.2.